The third kappa shape index (κ3) is 6.05. The van der Waals surface area contributed by atoms with Crippen LogP contribution in [0.2, 0.25) is 0 Å². The van der Waals surface area contributed by atoms with Gasteiger partial charge in [-0.15, -0.1) is 0 Å². The number of thiocarbonyl (C=S) groups is 1. The van der Waals surface area contributed by atoms with E-state index in [1.54, 1.807) is 18.2 Å². The first kappa shape index (κ1) is 20.4. The molecule has 0 atom stereocenters. The van der Waals surface area contributed by atoms with Crippen LogP contribution in [0.15, 0.2) is 78.9 Å². The van der Waals surface area contributed by atoms with Gasteiger partial charge in [0.2, 0.25) is 0 Å². The summed E-state index contributed by atoms with van der Waals surface area (Å²) in [7, 11) is 0. The molecule has 148 valence electrons. The number of para-hydroxylation sites is 2. The molecule has 0 saturated carbocycles. The van der Waals surface area contributed by atoms with Crippen molar-refractivity contribution in [2.75, 3.05) is 10.6 Å². The second-order valence-corrected chi connectivity index (χ2v) is 7.05. The van der Waals surface area contributed by atoms with Crippen molar-refractivity contribution in [3.8, 4) is 5.75 Å². The molecule has 0 aliphatic carbocycles. The van der Waals surface area contributed by atoms with E-state index in [-0.39, 0.29) is 17.1 Å². The zero-order valence-corrected chi connectivity index (χ0v) is 17.1. The Morgan fingerprint density at radius 3 is 2.10 bits per heavy atom. The Balaban J connectivity index is 1.59. The summed E-state index contributed by atoms with van der Waals surface area (Å²) in [4.78, 5) is 12.6. The second-order valence-electron chi connectivity index (χ2n) is 6.64. The molecule has 0 saturated heterocycles. The summed E-state index contributed by atoms with van der Waals surface area (Å²) in [5.74, 6) is 0.209. The lowest BCUT2D eigenvalue weighted by atomic mass is 10.2. The van der Waals surface area contributed by atoms with Crippen molar-refractivity contribution in [2.45, 2.75) is 20.0 Å². The Hall–Kier alpha value is -3.38. The lowest BCUT2D eigenvalue weighted by Crippen LogP contribution is -2.34. The number of nitrogens with one attached hydrogen (secondary N) is 3. The maximum atomic E-state index is 12.6. The van der Waals surface area contributed by atoms with E-state index >= 15 is 0 Å². The monoisotopic (exact) mass is 405 g/mol. The van der Waals surface area contributed by atoms with Gasteiger partial charge in [-0.2, -0.15) is 0 Å². The van der Waals surface area contributed by atoms with E-state index in [4.69, 9.17) is 17.0 Å². The van der Waals surface area contributed by atoms with E-state index in [1.807, 2.05) is 74.5 Å². The molecule has 6 heteroatoms. The van der Waals surface area contributed by atoms with Gasteiger partial charge >= 0.3 is 0 Å². The van der Waals surface area contributed by atoms with Crippen LogP contribution in [0.3, 0.4) is 0 Å². The van der Waals surface area contributed by atoms with Crippen LogP contribution in [0.4, 0.5) is 17.1 Å². The number of benzene rings is 3. The van der Waals surface area contributed by atoms with Gasteiger partial charge in [0.05, 0.1) is 11.7 Å². The second kappa shape index (κ2) is 9.71. The van der Waals surface area contributed by atoms with Gasteiger partial charge in [0.15, 0.2) is 5.11 Å². The molecule has 0 bridgehead atoms. The number of carbonyl (C=O) groups is 1. The molecule has 0 fully saturated rings. The van der Waals surface area contributed by atoms with E-state index < -0.39 is 0 Å². The first-order valence-corrected chi connectivity index (χ1v) is 9.72. The van der Waals surface area contributed by atoms with Gasteiger partial charge in [-0.1, -0.05) is 30.3 Å². The number of ether oxygens (including phenoxy) is 1. The van der Waals surface area contributed by atoms with E-state index in [2.05, 4.69) is 16.0 Å². The van der Waals surface area contributed by atoms with Crippen molar-refractivity contribution in [2.24, 2.45) is 0 Å². The molecule has 3 rings (SSSR count). The highest BCUT2D eigenvalue weighted by Crippen LogP contribution is 2.20. The van der Waals surface area contributed by atoms with Crippen LogP contribution in [0.25, 0.3) is 0 Å². The maximum absolute atomic E-state index is 12.6. The molecule has 3 N–H and O–H groups in total. The molecule has 1 amide bonds. The fourth-order valence-electron chi connectivity index (χ4n) is 2.67. The minimum Gasteiger partial charge on any atom is -0.490 e. The summed E-state index contributed by atoms with van der Waals surface area (Å²) >= 11 is 5.28. The summed E-state index contributed by atoms with van der Waals surface area (Å²) in [6, 6.07) is 24.7. The summed E-state index contributed by atoms with van der Waals surface area (Å²) in [6.45, 7) is 3.83. The molecule has 29 heavy (non-hydrogen) atoms. The van der Waals surface area contributed by atoms with Crippen molar-refractivity contribution in [3.05, 3.63) is 84.4 Å². The van der Waals surface area contributed by atoms with E-state index in [9.17, 15) is 4.79 Å². The summed E-state index contributed by atoms with van der Waals surface area (Å²) in [6.07, 6.45) is -0.0305. The molecule has 3 aromatic rings. The van der Waals surface area contributed by atoms with Gasteiger partial charge in [0.1, 0.15) is 5.75 Å². The largest absolute Gasteiger partial charge is 0.490 e. The first-order valence-electron chi connectivity index (χ1n) is 9.31. The minimum absolute atomic E-state index is 0.0305. The van der Waals surface area contributed by atoms with Crippen LogP contribution in [-0.2, 0) is 0 Å². The topological polar surface area (TPSA) is 62.4 Å². The van der Waals surface area contributed by atoms with Crippen LogP contribution in [-0.4, -0.2) is 17.1 Å². The van der Waals surface area contributed by atoms with Crippen molar-refractivity contribution >= 4 is 40.3 Å². The van der Waals surface area contributed by atoms with Crippen molar-refractivity contribution in [1.82, 2.24) is 5.32 Å². The van der Waals surface area contributed by atoms with Gasteiger partial charge in [-0.05, 0) is 74.6 Å². The van der Waals surface area contributed by atoms with Crippen molar-refractivity contribution in [3.63, 3.8) is 0 Å². The number of carbonyl (C=O) groups excluding carboxylic acids is 1. The van der Waals surface area contributed by atoms with Crippen LogP contribution in [0, 0.1) is 0 Å². The molecular formula is C23H23N3O2S. The van der Waals surface area contributed by atoms with Crippen LogP contribution in [0.5, 0.6) is 5.75 Å². The Kier molecular flexibility index (Phi) is 6.81. The summed E-state index contributed by atoms with van der Waals surface area (Å²) < 4.78 is 5.70. The molecule has 0 aromatic heterocycles. The standard InChI is InChI=1S/C23H23N3O2S/c1-16(2)28-21-11-7-6-10-20(21)22(27)26-23(29)25-19-14-12-18(13-15-19)24-17-8-4-3-5-9-17/h3-16,24H,1-2H3,(H2,25,26,27,29). The van der Waals surface area contributed by atoms with E-state index in [0.717, 1.165) is 17.1 Å². The fraction of sp³-hybridized carbons (Fsp3) is 0.130. The van der Waals surface area contributed by atoms with E-state index in [0.29, 0.717) is 11.3 Å². The van der Waals surface area contributed by atoms with Gasteiger partial charge in [-0.25, -0.2) is 0 Å². The van der Waals surface area contributed by atoms with Crippen LogP contribution in [0.1, 0.15) is 24.2 Å². The van der Waals surface area contributed by atoms with Gasteiger partial charge < -0.3 is 15.4 Å². The third-order valence-corrected chi connectivity index (χ3v) is 4.13. The normalized spacial score (nSPS) is 10.3. The fourth-order valence-corrected chi connectivity index (χ4v) is 2.88. The predicted octanol–water partition coefficient (Wildman–Crippen LogP) is 5.34. The van der Waals surface area contributed by atoms with Crippen molar-refractivity contribution < 1.29 is 9.53 Å². The van der Waals surface area contributed by atoms with Gasteiger partial charge in [0, 0.05) is 17.1 Å². The minimum atomic E-state index is -0.318. The summed E-state index contributed by atoms with van der Waals surface area (Å²) in [5.41, 5.74) is 3.18. The zero-order chi connectivity index (χ0) is 20.6. The number of hydrogen-bond acceptors (Lipinski definition) is 4. The molecule has 0 spiro atoms. The lowest BCUT2D eigenvalue weighted by Gasteiger charge is -2.15. The summed E-state index contributed by atoms with van der Waals surface area (Å²) in [5, 5.41) is 9.26. The molecule has 0 aliphatic rings. The van der Waals surface area contributed by atoms with Crippen molar-refractivity contribution in [1.29, 1.82) is 0 Å². The first-order chi connectivity index (χ1) is 14.0. The van der Waals surface area contributed by atoms with E-state index in [1.165, 1.54) is 0 Å². The van der Waals surface area contributed by atoms with Gasteiger partial charge in [0.25, 0.3) is 5.91 Å². The van der Waals surface area contributed by atoms with Crippen LogP contribution < -0.4 is 20.7 Å². The van der Waals surface area contributed by atoms with Gasteiger partial charge in [-0.3, -0.25) is 10.1 Å². The highest BCUT2D eigenvalue weighted by Gasteiger charge is 2.14. The average molecular weight is 406 g/mol. The lowest BCUT2D eigenvalue weighted by molar-refractivity contribution is 0.0972. The predicted molar refractivity (Wildman–Crippen MR) is 122 cm³/mol. The third-order valence-electron chi connectivity index (χ3n) is 3.93. The number of hydrogen-bond donors (Lipinski definition) is 3. The molecule has 0 aliphatic heterocycles. The Bertz CT molecular complexity index is 973. The Morgan fingerprint density at radius 2 is 1.41 bits per heavy atom. The molecule has 0 heterocycles. The molecule has 3 aromatic carbocycles. The molecule has 5 nitrogen and oxygen atoms in total. The number of amides is 1. The number of rotatable bonds is 6. The smallest absolute Gasteiger partial charge is 0.261 e. The molecule has 0 unspecified atom stereocenters. The molecule has 0 radical (unpaired) electrons. The SMILES string of the molecule is CC(C)Oc1ccccc1C(=O)NC(=S)Nc1ccc(Nc2ccccc2)cc1. The highest BCUT2D eigenvalue weighted by atomic mass is 32.1. The Labute approximate surface area is 176 Å². The number of anilines is 3. The zero-order valence-electron chi connectivity index (χ0n) is 16.3. The Morgan fingerprint density at radius 1 is 0.828 bits per heavy atom. The highest BCUT2D eigenvalue weighted by molar-refractivity contribution is 7.80. The van der Waals surface area contributed by atoms with Crippen LogP contribution >= 0.6 is 12.2 Å². The quantitative estimate of drug-likeness (QED) is 0.483. The average Bonchev–Trinajstić information content (AvgIpc) is 2.70. The maximum Gasteiger partial charge on any atom is 0.261 e. The molecular weight excluding hydrogens is 382 g/mol.